The molecule has 0 fully saturated rings. The molecule has 94 valence electrons. The topological polar surface area (TPSA) is 0 Å². The maximum atomic E-state index is 13.8. The van der Waals surface area contributed by atoms with Gasteiger partial charge in [-0.25, -0.2) is 4.39 Å². The van der Waals surface area contributed by atoms with E-state index in [4.69, 9.17) is 23.2 Å². The highest BCUT2D eigenvalue weighted by Crippen LogP contribution is 2.38. The number of hydrogen-bond acceptors (Lipinski definition) is 0. The molecule has 0 N–H and O–H groups in total. The van der Waals surface area contributed by atoms with Gasteiger partial charge in [-0.05, 0) is 35.9 Å². The van der Waals surface area contributed by atoms with E-state index in [1.165, 1.54) is 6.07 Å². The van der Waals surface area contributed by atoms with Crippen LogP contribution in [-0.2, 0) is 0 Å². The molecule has 5 heteroatoms. The number of benzene rings is 2. The second kappa shape index (κ2) is 5.91. The summed E-state index contributed by atoms with van der Waals surface area (Å²) in [5, 5.41) is 1.06. The maximum Gasteiger partial charge on any atom is 0.127 e. The van der Waals surface area contributed by atoms with Crippen LogP contribution in [0.25, 0.3) is 0 Å². The number of hydrogen-bond donors (Lipinski definition) is 0. The van der Waals surface area contributed by atoms with Gasteiger partial charge in [0.1, 0.15) is 5.82 Å². The summed E-state index contributed by atoms with van der Waals surface area (Å²) in [6.07, 6.45) is 0. The van der Waals surface area contributed by atoms with Gasteiger partial charge in [0, 0.05) is 20.1 Å². The number of rotatable bonds is 2. The lowest BCUT2D eigenvalue weighted by Crippen LogP contribution is -1.97. The SMILES string of the molecule is Fc1ccc(Br)cc1C(Br)c1ccc(Cl)cc1Cl. The lowest BCUT2D eigenvalue weighted by atomic mass is 10.0. The molecule has 0 aliphatic rings. The zero-order chi connectivity index (χ0) is 13.3. The molecular weight excluding hydrogens is 406 g/mol. The van der Waals surface area contributed by atoms with Crippen molar-refractivity contribution in [2.24, 2.45) is 0 Å². The van der Waals surface area contributed by atoms with Gasteiger partial charge in [-0.15, -0.1) is 0 Å². The minimum absolute atomic E-state index is 0.286. The van der Waals surface area contributed by atoms with Gasteiger partial charge in [0.2, 0.25) is 0 Å². The van der Waals surface area contributed by atoms with Gasteiger partial charge in [-0.3, -0.25) is 0 Å². The molecule has 0 spiro atoms. The van der Waals surface area contributed by atoms with Crippen molar-refractivity contribution in [1.82, 2.24) is 0 Å². The molecule has 0 saturated carbocycles. The maximum absolute atomic E-state index is 13.8. The second-order valence-electron chi connectivity index (χ2n) is 3.69. The molecule has 0 saturated heterocycles. The Labute approximate surface area is 131 Å². The van der Waals surface area contributed by atoms with E-state index in [0.29, 0.717) is 15.6 Å². The third-order valence-corrected chi connectivity index (χ3v) is 4.51. The summed E-state index contributed by atoms with van der Waals surface area (Å²) in [6, 6.07) is 9.94. The number of alkyl halides is 1. The minimum atomic E-state index is -0.320. The van der Waals surface area contributed by atoms with Crippen LogP contribution in [0, 0.1) is 5.82 Å². The first-order valence-corrected chi connectivity index (χ1v) is 7.49. The second-order valence-corrected chi connectivity index (χ2v) is 6.37. The van der Waals surface area contributed by atoms with Crippen molar-refractivity contribution >= 4 is 55.1 Å². The zero-order valence-electron chi connectivity index (χ0n) is 8.93. The quantitative estimate of drug-likeness (QED) is 0.502. The Morgan fingerprint density at radius 1 is 1.00 bits per heavy atom. The summed E-state index contributed by atoms with van der Waals surface area (Å²) < 4.78 is 14.6. The van der Waals surface area contributed by atoms with E-state index in [-0.39, 0.29) is 10.6 Å². The van der Waals surface area contributed by atoms with Crippen LogP contribution in [0.3, 0.4) is 0 Å². The molecule has 0 heterocycles. The Kier molecular flexibility index (Phi) is 4.70. The highest BCUT2D eigenvalue weighted by Gasteiger charge is 2.18. The molecule has 0 aromatic heterocycles. The monoisotopic (exact) mass is 410 g/mol. The Balaban J connectivity index is 2.47. The van der Waals surface area contributed by atoms with Crippen LogP contribution < -0.4 is 0 Å². The van der Waals surface area contributed by atoms with Gasteiger partial charge in [0.15, 0.2) is 0 Å². The summed E-state index contributed by atoms with van der Waals surface area (Å²) in [7, 11) is 0. The molecule has 0 bridgehead atoms. The largest absolute Gasteiger partial charge is 0.207 e. The third-order valence-electron chi connectivity index (χ3n) is 2.47. The average Bonchev–Trinajstić information content (AvgIpc) is 2.31. The molecule has 0 radical (unpaired) electrons. The van der Waals surface area contributed by atoms with E-state index in [1.54, 1.807) is 30.3 Å². The molecule has 0 aliphatic carbocycles. The number of halogens is 5. The van der Waals surface area contributed by atoms with Crippen LogP contribution in [0.1, 0.15) is 16.0 Å². The fourth-order valence-electron chi connectivity index (χ4n) is 1.58. The molecule has 0 aliphatic heterocycles. The highest BCUT2D eigenvalue weighted by molar-refractivity contribution is 9.10. The normalized spacial score (nSPS) is 12.5. The lowest BCUT2D eigenvalue weighted by Gasteiger charge is -2.14. The van der Waals surface area contributed by atoms with Gasteiger partial charge in [0.25, 0.3) is 0 Å². The van der Waals surface area contributed by atoms with Crippen LogP contribution in [-0.4, -0.2) is 0 Å². The first-order valence-electron chi connectivity index (χ1n) is 5.03. The van der Waals surface area contributed by atoms with Gasteiger partial charge in [0.05, 0.1) is 4.83 Å². The van der Waals surface area contributed by atoms with Crippen LogP contribution in [0.15, 0.2) is 40.9 Å². The van der Waals surface area contributed by atoms with Crippen molar-refractivity contribution < 1.29 is 4.39 Å². The van der Waals surface area contributed by atoms with E-state index < -0.39 is 0 Å². The fourth-order valence-corrected chi connectivity index (χ4v) is 3.36. The van der Waals surface area contributed by atoms with Gasteiger partial charge < -0.3 is 0 Å². The van der Waals surface area contributed by atoms with Crippen molar-refractivity contribution in [3.8, 4) is 0 Å². The van der Waals surface area contributed by atoms with Crippen molar-refractivity contribution in [2.45, 2.75) is 4.83 Å². The summed E-state index contributed by atoms with van der Waals surface area (Å²) in [5.74, 6) is -0.286. The van der Waals surface area contributed by atoms with E-state index in [9.17, 15) is 4.39 Å². The Morgan fingerprint density at radius 3 is 2.39 bits per heavy atom. The van der Waals surface area contributed by atoms with Gasteiger partial charge in [-0.2, -0.15) is 0 Å². The van der Waals surface area contributed by atoms with Crippen molar-refractivity contribution in [3.05, 3.63) is 67.9 Å². The fraction of sp³-hybridized carbons (Fsp3) is 0.0769. The summed E-state index contributed by atoms with van der Waals surface area (Å²) >= 11 is 18.8. The Morgan fingerprint density at radius 2 is 1.72 bits per heavy atom. The molecule has 18 heavy (non-hydrogen) atoms. The van der Waals surface area contributed by atoms with Gasteiger partial charge >= 0.3 is 0 Å². The van der Waals surface area contributed by atoms with E-state index in [2.05, 4.69) is 31.9 Å². The molecule has 2 rings (SSSR count). The molecule has 0 amide bonds. The molecular formula is C13H7Br2Cl2F. The predicted octanol–water partition coefficient (Wildman–Crippen LogP) is 6.38. The Bertz CT molecular complexity index is 587. The first-order chi connectivity index (χ1) is 8.49. The van der Waals surface area contributed by atoms with Crippen molar-refractivity contribution in [3.63, 3.8) is 0 Å². The standard InChI is InChI=1S/C13H7Br2Cl2F/c14-7-1-4-12(18)10(5-7)13(15)9-3-2-8(16)6-11(9)17/h1-6,13H. The summed E-state index contributed by atoms with van der Waals surface area (Å²) in [5.41, 5.74) is 1.30. The Hall–Kier alpha value is -0.0900. The van der Waals surface area contributed by atoms with Crippen molar-refractivity contribution in [2.75, 3.05) is 0 Å². The van der Waals surface area contributed by atoms with Crippen molar-refractivity contribution in [1.29, 1.82) is 0 Å². The first kappa shape index (κ1) is 14.3. The van der Waals surface area contributed by atoms with E-state index in [1.807, 2.05) is 0 Å². The minimum Gasteiger partial charge on any atom is -0.207 e. The summed E-state index contributed by atoms with van der Waals surface area (Å²) in [6.45, 7) is 0. The molecule has 0 nitrogen and oxygen atoms in total. The highest BCUT2D eigenvalue weighted by atomic mass is 79.9. The van der Waals surface area contributed by atoms with Crippen LogP contribution in [0.4, 0.5) is 4.39 Å². The summed E-state index contributed by atoms with van der Waals surface area (Å²) in [4.78, 5) is -0.320. The average molecular weight is 413 g/mol. The molecule has 2 aromatic rings. The predicted molar refractivity (Wildman–Crippen MR) is 81.3 cm³/mol. The zero-order valence-corrected chi connectivity index (χ0v) is 13.6. The van der Waals surface area contributed by atoms with Gasteiger partial charge in [-0.1, -0.05) is 61.1 Å². The van der Waals surface area contributed by atoms with Crippen LogP contribution >= 0.6 is 55.1 Å². The van der Waals surface area contributed by atoms with E-state index >= 15 is 0 Å². The third kappa shape index (κ3) is 3.08. The van der Waals surface area contributed by atoms with Crippen LogP contribution in [0.5, 0.6) is 0 Å². The smallest absolute Gasteiger partial charge is 0.127 e. The molecule has 1 unspecified atom stereocenters. The van der Waals surface area contributed by atoms with E-state index in [0.717, 1.165) is 10.0 Å². The van der Waals surface area contributed by atoms with Crippen LogP contribution in [0.2, 0.25) is 10.0 Å². The lowest BCUT2D eigenvalue weighted by molar-refractivity contribution is 0.613. The molecule has 2 aromatic carbocycles. The molecule has 1 atom stereocenters.